The lowest BCUT2D eigenvalue weighted by molar-refractivity contribution is -0.117. The number of ether oxygens (including phenoxy) is 2. The van der Waals surface area contributed by atoms with Crippen LogP contribution >= 0.6 is 0 Å². The van der Waals surface area contributed by atoms with Crippen molar-refractivity contribution in [2.45, 2.75) is 18.9 Å². The van der Waals surface area contributed by atoms with Crippen molar-refractivity contribution in [3.63, 3.8) is 0 Å². The number of morpholine rings is 1. The molecule has 5 rings (SSSR count). The predicted molar refractivity (Wildman–Crippen MR) is 132 cm³/mol. The number of para-hydroxylation sites is 1. The van der Waals surface area contributed by atoms with Gasteiger partial charge < -0.3 is 29.5 Å². The number of piperazine rings is 1. The van der Waals surface area contributed by atoms with Crippen molar-refractivity contribution >= 4 is 28.8 Å². The van der Waals surface area contributed by atoms with Crippen LogP contribution in [0.1, 0.15) is 23.2 Å². The summed E-state index contributed by atoms with van der Waals surface area (Å²) >= 11 is 0. The van der Waals surface area contributed by atoms with E-state index < -0.39 is 6.10 Å². The van der Waals surface area contributed by atoms with E-state index in [1.807, 2.05) is 42.5 Å². The lowest BCUT2D eigenvalue weighted by atomic mass is 9.97. The Labute approximate surface area is 200 Å². The van der Waals surface area contributed by atoms with Crippen LogP contribution < -0.4 is 19.9 Å². The molecule has 0 radical (unpaired) electrons. The Morgan fingerprint density at radius 2 is 1.71 bits per heavy atom. The number of likely N-dealkylation sites (N-methyl/N-ethyl adjacent to an activating group) is 1. The maximum atomic E-state index is 12.9. The number of rotatable bonds is 5. The van der Waals surface area contributed by atoms with E-state index in [-0.39, 0.29) is 24.5 Å². The molecule has 3 aliphatic rings. The molecule has 2 aromatic rings. The average molecular weight is 465 g/mol. The summed E-state index contributed by atoms with van der Waals surface area (Å²) in [4.78, 5) is 32.5. The van der Waals surface area contributed by atoms with Crippen molar-refractivity contribution < 1.29 is 19.1 Å². The SMILES string of the molecule is CN1CCN(c2cccc3c2OC(CC(=O)Nc2ccc(N4CCOCC4)cc2)CC3=O)CC1. The first-order valence-electron chi connectivity index (χ1n) is 12.1. The van der Waals surface area contributed by atoms with Gasteiger partial charge in [0.05, 0.1) is 30.9 Å². The van der Waals surface area contributed by atoms with E-state index in [1.165, 1.54) is 0 Å². The van der Waals surface area contributed by atoms with Gasteiger partial charge in [-0.25, -0.2) is 0 Å². The largest absolute Gasteiger partial charge is 0.486 e. The normalized spacial score (nSPS) is 21.1. The Kier molecular flexibility index (Phi) is 6.69. The predicted octanol–water partition coefficient (Wildman–Crippen LogP) is 2.64. The number of nitrogens with one attached hydrogen (secondary N) is 1. The van der Waals surface area contributed by atoms with Gasteiger partial charge in [0.1, 0.15) is 6.10 Å². The average Bonchev–Trinajstić information content (AvgIpc) is 2.85. The molecule has 0 saturated carbocycles. The Hall–Kier alpha value is -3.10. The minimum atomic E-state index is -0.471. The molecule has 180 valence electrons. The topological polar surface area (TPSA) is 74.3 Å². The molecule has 1 N–H and O–H groups in total. The van der Waals surface area contributed by atoms with Crippen LogP contribution in [-0.2, 0) is 9.53 Å². The number of anilines is 3. The molecule has 2 saturated heterocycles. The van der Waals surface area contributed by atoms with Gasteiger partial charge in [0.25, 0.3) is 0 Å². The highest BCUT2D eigenvalue weighted by molar-refractivity contribution is 6.02. The Morgan fingerprint density at radius 3 is 2.44 bits per heavy atom. The minimum Gasteiger partial charge on any atom is -0.486 e. The van der Waals surface area contributed by atoms with Gasteiger partial charge in [-0.1, -0.05) is 6.07 Å². The number of carbonyl (C=O) groups is 2. The zero-order valence-electron chi connectivity index (χ0n) is 19.7. The molecule has 8 heteroatoms. The fraction of sp³-hybridized carbons (Fsp3) is 0.462. The zero-order valence-corrected chi connectivity index (χ0v) is 19.7. The van der Waals surface area contributed by atoms with Crippen LogP contribution in [0, 0.1) is 0 Å². The van der Waals surface area contributed by atoms with Crippen LogP contribution in [0.25, 0.3) is 0 Å². The summed E-state index contributed by atoms with van der Waals surface area (Å²) < 4.78 is 11.7. The summed E-state index contributed by atoms with van der Waals surface area (Å²) in [6.45, 7) is 6.91. The quantitative estimate of drug-likeness (QED) is 0.729. The standard InChI is InChI=1S/C26H32N4O4/c1-28-9-11-30(12-10-28)23-4-2-3-22-24(31)17-21(34-26(22)23)18-25(32)27-19-5-7-20(8-6-19)29-13-15-33-16-14-29/h2-8,21H,9-18H2,1H3,(H,27,32). The van der Waals surface area contributed by atoms with Crippen molar-refractivity contribution in [3.05, 3.63) is 48.0 Å². The molecular weight excluding hydrogens is 432 g/mol. The van der Waals surface area contributed by atoms with Gasteiger partial charge in [-0.3, -0.25) is 9.59 Å². The van der Waals surface area contributed by atoms with Gasteiger partial charge in [0.15, 0.2) is 11.5 Å². The molecule has 3 aliphatic heterocycles. The van der Waals surface area contributed by atoms with Gasteiger partial charge in [-0.15, -0.1) is 0 Å². The monoisotopic (exact) mass is 464 g/mol. The summed E-state index contributed by atoms with van der Waals surface area (Å²) in [5.41, 5.74) is 3.42. The molecule has 3 heterocycles. The van der Waals surface area contributed by atoms with Crippen LogP contribution in [-0.4, -0.2) is 82.2 Å². The third-order valence-corrected chi connectivity index (χ3v) is 6.78. The number of ketones is 1. The number of fused-ring (bicyclic) bond motifs is 1. The van der Waals surface area contributed by atoms with E-state index in [9.17, 15) is 9.59 Å². The summed E-state index contributed by atoms with van der Waals surface area (Å²) in [6.07, 6.45) is -0.128. The van der Waals surface area contributed by atoms with Crippen molar-refractivity contribution in [3.8, 4) is 5.75 Å². The number of benzene rings is 2. The third-order valence-electron chi connectivity index (χ3n) is 6.78. The number of hydrogen-bond donors (Lipinski definition) is 1. The molecule has 1 unspecified atom stereocenters. The maximum absolute atomic E-state index is 12.9. The van der Waals surface area contributed by atoms with Crippen LogP contribution in [0.5, 0.6) is 5.75 Å². The fourth-order valence-corrected chi connectivity index (χ4v) is 4.80. The molecule has 0 bridgehead atoms. The summed E-state index contributed by atoms with van der Waals surface area (Å²) in [5.74, 6) is 0.498. The maximum Gasteiger partial charge on any atom is 0.228 e. The molecule has 34 heavy (non-hydrogen) atoms. The minimum absolute atomic E-state index is 0.0323. The second kappa shape index (κ2) is 10.0. The zero-order chi connectivity index (χ0) is 23.5. The lowest BCUT2D eigenvalue weighted by Crippen LogP contribution is -2.45. The smallest absolute Gasteiger partial charge is 0.228 e. The van der Waals surface area contributed by atoms with Crippen molar-refractivity contribution in [1.29, 1.82) is 0 Å². The van der Waals surface area contributed by atoms with Crippen LogP contribution in [0.4, 0.5) is 17.1 Å². The lowest BCUT2D eigenvalue weighted by Gasteiger charge is -2.36. The molecule has 0 aromatic heterocycles. The van der Waals surface area contributed by atoms with E-state index in [0.717, 1.165) is 69.5 Å². The van der Waals surface area contributed by atoms with Crippen LogP contribution in [0.15, 0.2) is 42.5 Å². The van der Waals surface area contributed by atoms with Crippen LogP contribution in [0.3, 0.4) is 0 Å². The van der Waals surface area contributed by atoms with Gasteiger partial charge in [-0.05, 0) is 43.4 Å². The summed E-state index contributed by atoms with van der Waals surface area (Å²) in [6, 6.07) is 13.6. The second-order valence-corrected chi connectivity index (χ2v) is 9.21. The van der Waals surface area contributed by atoms with Crippen molar-refractivity contribution in [1.82, 2.24) is 4.90 Å². The third kappa shape index (κ3) is 5.03. The first-order valence-corrected chi connectivity index (χ1v) is 12.1. The van der Waals surface area contributed by atoms with Crippen LogP contribution in [0.2, 0.25) is 0 Å². The molecule has 2 fully saturated rings. The Morgan fingerprint density at radius 1 is 0.971 bits per heavy atom. The molecule has 1 amide bonds. The fourth-order valence-electron chi connectivity index (χ4n) is 4.80. The molecule has 2 aromatic carbocycles. The van der Waals surface area contributed by atoms with Crippen molar-refractivity contribution in [2.75, 3.05) is 74.6 Å². The van der Waals surface area contributed by atoms with E-state index in [4.69, 9.17) is 9.47 Å². The van der Waals surface area contributed by atoms with E-state index in [1.54, 1.807) is 0 Å². The number of hydrogen-bond acceptors (Lipinski definition) is 7. The summed E-state index contributed by atoms with van der Waals surface area (Å²) in [5, 5.41) is 2.95. The molecule has 0 spiro atoms. The molecular formula is C26H32N4O4. The second-order valence-electron chi connectivity index (χ2n) is 9.21. The van der Waals surface area contributed by atoms with E-state index in [0.29, 0.717) is 11.3 Å². The van der Waals surface area contributed by atoms with Gasteiger partial charge in [-0.2, -0.15) is 0 Å². The number of carbonyl (C=O) groups excluding carboxylic acids is 2. The molecule has 1 atom stereocenters. The Balaban J connectivity index is 1.22. The number of Topliss-reactive ketones (excluding diaryl/α,β-unsaturated/α-hetero) is 1. The highest BCUT2D eigenvalue weighted by Crippen LogP contribution is 2.38. The highest BCUT2D eigenvalue weighted by Gasteiger charge is 2.31. The van der Waals surface area contributed by atoms with E-state index in [2.05, 4.69) is 27.1 Å². The first kappa shape index (κ1) is 22.7. The van der Waals surface area contributed by atoms with Gasteiger partial charge >= 0.3 is 0 Å². The first-order chi connectivity index (χ1) is 16.6. The number of nitrogens with zero attached hydrogens (tertiary/aromatic N) is 3. The van der Waals surface area contributed by atoms with Crippen molar-refractivity contribution in [2.24, 2.45) is 0 Å². The number of amides is 1. The highest BCUT2D eigenvalue weighted by atomic mass is 16.5. The van der Waals surface area contributed by atoms with Gasteiger partial charge in [0.2, 0.25) is 5.91 Å². The summed E-state index contributed by atoms with van der Waals surface area (Å²) in [7, 11) is 2.11. The Bertz CT molecular complexity index is 1030. The van der Waals surface area contributed by atoms with Gasteiger partial charge in [0, 0.05) is 57.1 Å². The van der Waals surface area contributed by atoms with E-state index >= 15 is 0 Å². The molecule has 0 aliphatic carbocycles. The molecule has 8 nitrogen and oxygen atoms in total.